The summed E-state index contributed by atoms with van der Waals surface area (Å²) in [6.45, 7) is 9.03. The van der Waals surface area contributed by atoms with E-state index in [1.807, 2.05) is 38.7 Å². The smallest absolute Gasteiger partial charge is 0.410 e. The normalized spacial score (nSPS) is 25.4. The molecular formula is C19H31N5O3. The molecule has 0 aliphatic carbocycles. The van der Waals surface area contributed by atoms with Gasteiger partial charge in [0.05, 0.1) is 6.54 Å². The van der Waals surface area contributed by atoms with Crippen LogP contribution in [0.15, 0.2) is 21.8 Å². The summed E-state index contributed by atoms with van der Waals surface area (Å²) < 4.78 is 10.5. The zero-order chi connectivity index (χ0) is 19.4. The van der Waals surface area contributed by atoms with Crippen LogP contribution in [-0.4, -0.2) is 52.4 Å². The van der Waals surface area contributed by atoms with Gasteiger partial charge < -0.3 is 24.8 Å². The van der Waals surface area contributed by atoms with E-state index in [4.69, 9.17) is 9.26 Å². The summed E-state index contributed by atoms with van der Waals surface area (Å²) in [6, 6.07) is 2.56. The van der Waals surface area contributed by atoms with Crippen molar-refractivity contribution in [1.82, 2.24) is 20.7 Å². The minimum absolute atomic E-state index is 0.181. The molecule has 3 rings (SSSR count). The number of hydrogen-bond donors (Lipinski definition) is 2. The standard InChI is InChI=1S/C19H31N5O3/c1-5-20-17(21-12-13-8-9-26-23-13)22-14-10-15-6-7-16(11-14)24(15)18(25)27-19(2,3)4/h8-9,14-16H,5-7,10-12H2,1-4H3,(H2,20,21,22). The Balaban J connectivity index is 1.59. The summed E-state index contributed by atoms with van der Waals surface area (Å²) in [7, 11) is 0. The Hall–Kier alpha value is -2.25. The Morgan fingerprint density at radius 3 is 2.63 bits per heavy atom. The summed E-state index contributed by atoms with van der Waals surface area (Å²) >= 11 is 0. The maximum Gasteiger partial charge on any atom is 0.410 e. The van der Waals surface area contributed by atoms with Crippen molar-refractivity contribution in [3.8, 4) is 0 Å². The molecule has 2 unspecified atom stereocenters. The van der Waals surface area contributed by atoms with E-state index in [0.29, 0.717) is 6.54 Å². The highest BCUT2D eigenvalue weighted by molar-refractivity contribution is 5.80. The number of rotatable bonds is 4. The van der Waals surface area contributed by atoms with Crippen LogP contribution >= 0.6 is 0 Å². The fourth-order valence-electron chi connectivity index (χ4n) is 3.90. The van der Waals surface area contributed by atoms with Gasteiger partial charge in [0.15, 0.2) is 5.96 Å². The Morgan fingerprint density at radius 1 is 1.37 bits per heavy atom. The van der Waals surface area contributed by atoms with E-state index in [2.05, 4.69) is 20.8 Å². The molecule has 0 radical (unpaired) electrons. The first-order valence-corrected chi connectivity index (χ1v) is 9.81. The fraction of sp³-hybridized carbons (Fsp3) is 0.737. The van der Waals surface area contributed by atoms with Crippen LogP contribution in [0.3, 0.4) is 0 Å². The van der Waals surface area contributed by atoms with Crippen molar-refractivity contribution in [2.24, 2.45) is 4.99 Å². The number of carbonyl (C=O) groups is 1. The van der Waals surface area contributed by atoms with Crippen molar-refractivity contribution in [1.29, 1.82) is 0 Å². The Kier molecular flexibility index (Phi) is 5.92. The third-order valence-corrected chi connectivity index (χ3v) is 4.91. The third-order valence-electron chi connectivity index (χ3n) is 4.91. The van der Waals surface area contributed by atoms with Gasteiger partial charge in [-0.15, -0.1) is 0 Å². The number of aliphatic imine (C=N–C) groups is 1. The predicted octanol–water partition coefficient (Wildman–Crippen LogP) is 2.66. The maximum atomic E-state index is 12.6. The lowest BCUT2D eigenvalue weighted by atomic mass is 9.98. The first-order chi connectivity index (χ1) is 12.9. The second-order valence-corrected chi connectivity index (χ2v) is 8.27. The number of hydrogen-bond acceptors (Lipinski definition) is 5. The van der Waals surface area contributed by atoms with Gasteiger partial charge in [-0.2, -0.15) is 0 Å². The highest BCUT2D eigenvalue weighted by Crippen LogP contribution is 2.36. The molecule has 1 amide bonds. The topological polar surface area (TPSA) is 92.0 Å². The van der Waals surface area contributed by atoms with E-state index >= 15 is 0 Å². The largest absolute Gasteiger partial charge is 0.444 e. The molecule has 2 bridgehead atoms. The molecule has 8 nitrogen and oxygen atoms in total. The van der Waals surface area contributed by atoms with Gasteiger partial charge in [0, 0.05) is 30.7 Å². The molecule has 2 atom stereocenters. The Morgan fingerprint density at radius 2 is 2.07 bits per heavy atom. The predicted molar refractivity (Wildman–Crippen MR) is 102 cm³/mol. The summed E-state index contributed by atoms with van der Waals surface area (Å²) in [5.41, 5.74) is 0.337. The SMILES string of the molecule is CCNC(=NCc1ccon1)NC1CC2CCC(C1)N2C(=O)OC(C)(C)C. The molecule has 1 aromatic rings. The molecule has 27 heavy (non-hydrogen) atoms. The average Bonchev–Trinajstić information content (AvgIpc) is 3.18. The van der Waals surface area contributed by atoms with Gasteiger partial charge in [-0.05, 0) is 53.4 Å². The molecule has 150 valence electrons. The van der Waals surface area contributed by atoms with Gasteiger partial charge in [-0.1, -0.05) is 5.16 Å². The van der Waals surface area contributed by atoms with Crippen LogP contribution in [0.2, 0.25) is 0 Å². The van der Waals surface area contributed by atoms with Crippen molar-refractivity contribution < 1.29 is 14.1 Å². The summed E-state index contributed by atoms with van der Waals surface area (Å²) in [5.74, 6) is 0.774. The number of nitrogens with one attached hydrogen (secondary N) is 2. The summed E-state index contributed by atoms with van der Waals surface area (Å²) in [5, 5.41) is 10.7. The van der Waals surface area contributed by atoms with Gasteiger partial charge in [0.2, 0.25) is 0 Å². The number of ether oxygens (including phenoxy) is 1. The molecule has 3 heterocycles. The lowest BCUT2D eigenvalue weighted by Gasteiger charge is -2.40. The average molecular weight is 377 g/mol. The monoisotopic (exact) mass is 377 g/mol. The molecule has 1 aromatic heterocycles. The molecular weight excluding hydrogens is 346 g/mol. The van der Waals surface area contributed by atoms with Crippen molar-refractivity contribution in [2.75, 3.05) is 6.54 Å². The lowest BCUT2D eigenvalue weighted by Crippen LogP contribution is -2.55. The Labute approximate surface area is 160 Å². The number of nitrogens with zero attached hydrogens (tertiary/aromatic N) is 3. The minimum atomic E-state index is -0.461. The van der Waals surface area contributed by atoms with Crippen molar-refractivity contribution in [2.45, 2.75) is 83.6 Å². The molecule has 0 spiro atoms. The quantitative estimate of drug-likeness (QED) is 0.619. The van der Waals surface area contributed by atoms with Gasteiger partial charge in [-0.25, -0.2) is 9.79 Å². The summed E-state index contributed by atoms with van der Waals surface area (Å²) in [6.07, 6.45) is 5.26. The molecule has 2 N–H and O–H groups in total. The van der Waals surface area contributed by atoms with Gasteiger partial charge in [-0.3, -0.25) is 0 Å². The van der Waals surface area contributed by atoms with Crippen LogP contribution in [0, 0.1) is 0 Å². The highest BCUT2D eigenvalue weighted by atomic mass is 16.6. The van der Waals surface area contributed by atoms with E-state index in [-0.39, 0.29) is 24.2 Å². The van der Waals surface area contributed by atoms with Crippen LogP contribution in [0.1, 0.15) is 59.1 Å². The van der Waals surface area contributed by atoms with Crippen LogP contribution in [0.25, 0.3) is 0 Å². The van der Waals surface area contributed by atoms with Crippen LogP contribution < -0.4 is 10.6 Å². The number of fused-ring (bicyclic) bond motifs is 2. The minimum Gasteiger partial charge on any atom is -0.444 e. The van der Waals surface area contributed by atoms with E-state index < -0.39 is 5.60 Å². The zero-order valence-electron chi connectivity index (χ0n) is 16.7. The lowest BCUT2D eigenvalue weighted by molar-refractivity contribution is 0.00545. The van der Waals surface area contributed by atoms with E-state index in [1.165, 1.54) is 0 Å². The zero-order valence-corrected chi connectivity index (χ0v) is 16.7. The molecule has 8 heteroatoms. The van der Waals surface area contributed by atoms with Gasteiger partial charge in [0.1, 0.15) is 17.6 Å². The molecule has 0 aromatic carbocycles. The van der Waals surface area contributed by atoms with Crippen molar-refractivity contribution >= 4 is 12.1 Å². The van der Waals surface area contributed by atoms with Crippen LogP contribution in [0.4, 0.5) is 4.79 Å². The van der Waals surface area contributed by atoms with Crippen LogP contribution in [-0.2, 0) is 11.3 Å². The first kappa shape index (κ1) is 19.5. The second-order valence-electron chi connectivity index (χ2n) is 8.27. The van der Waals surface area contributed by atoms with E-state index in [1.54, 1.807) is 6.26 Å². The van der Waals surface area contributed by atoms with E-state index in [0.717, 1.165) is 43.9 Å². The maximum absolute atomic E-state index is 12.6. The fourth-order valence-corrected chi connectivity index (χ4v) is 3.90. The molecule has 2 aliphatic rings. The molecule has 2 saturated heterocycles. The third kappa shape index (κ3) is 5.14. The van der Waals surface area contributed by atoms with Crippen LogP contribution in [0.5, 0.6) is 0 Å². The number of guanidine groups is 1. The number of piperidine rings is 1. The Bertz CT molecular complexity index is 639. The molecule has 2 aliphatic heterocycles. The number of aromatic nitrogens is 1. The first-order valence-electron chi connectivity index (χ1n) is 9.81. The number of carbonyl (C=O) groups excluding carboxylic acids is 1. The molecule has 0 saturated carbocycles. The number of amides is 1. The highest BCUT2D eigenvalue weighted by Gasteiger charge is 2.45. The van der Waals surface area contributed by atoms with E-state index in [9.17, 15) is 4.79 Å². The van der Waals surface area contributed by atoms with Crippen molar-refractivity contribution in [3.05, 3.63) is 18.0 Å². The second kappa shape index (κ2) is 8.19. The van der Waals surface area contributed by atoms with Gasteiger partial charge in [0.25, 0.3) is 0 Å². The molecule has 2 fully saturated rings. The summed E-state index contributed by atoms with van der Waals surface area (Å²) in [4.78, 5) is 19.1. The van der Waals surface area contributed by atoms with Gasteiger partial charge >= 0.3 is 6.09 Å². The van der Waals surface area contributed by atoms with Crippen molar-refractivity contribution in [3.63, 3.8) is 0 Å².